The molecule has 1 aliphatic heterocycles. The van der Waals surface area contributed by atoms with E-state index in [4.69, 9.17) is 4.42 Å². The lowest BCUT2D eigenvalue weighted by molar-refractivity contribution is -0.129. The topological polar surface area (TPSA) is 70.8 Å². The molecule has 0 atom stereocenters. The molecular formula is C18H20N2O4. The van der Waals surface area contributed by atoms with E-state index in [9.17, 15) is 14.4 Å². The van der Waals surface area contributed by atoms with Crippen LogP contribution in [-0.2, 0) is 4.79 Å². The SMILES string of the molecule is CC(=O)c1cc(C)cc2c(=O)cc(N3CCN(C(C)=O)CC3)oc12. The lowest BCUT2D eigenvalue weighted by Gasteiger charge is -2.34. The zero-order valence-corrected chi connectivity index (χ0v) is 14.1. The van der Waals surface area contributed by atoms with E-state index in [0.717, 1.165) is 5.56 Å². The molecule has 1 saturated heterocycles. The zero-order valence-electron chi connectivity index (χ0n) is 14.1. The van der Waals surface area contributed by atoms with Crippen molar-refractivity contribution in [3.05, 3.63) is 39.5 Å². The summed E-state index contributed by atoms with van der Waals surface area (Å²) >= 11 is 0. The molecule has 0 spiro atoms. The molecule has 0 aliphatic carbocycles. The average Bonchev–Trinajstić information content (AvgIpc) is 2.54. The van der Waals surface area contributed by atoms with Gasteiger partial charge in [0.15, 0.2) is 22.7 Å². The van der Waals surface area contributed by atoms with Gasteiger partial charge in [0.25, 0.3) is 0 Å². The summed E-state index contributed by atoms with van der Waals surface area (Å²) in [4.78, 5) is 39.5. The zero-order chi connectivity index (χ0) is 17.4. The van der Waals surface area contributed by atoms with Crippen molar-refractivity contribution in [3.8, 4) is 0 Å². The van der Waals surface area contributed by atoms with Gasteiger partial charge in [-0.25, -0.2) is 0 Å². The van der Waals surface area contributed by atoms with Crippen molar-refractivity contribution in [2.75, 3.05) is 31.1 Å². The quantitative estimate of drug-likeness (QED) is 0.788. The number of piperazine rings is 1. The maximum absolute atomic E-state index is 12.5. The molecular weight excluding hydrogens is 308 g/mol. The van der Waals surface area contributed by atoms with Crippen molar-refractivity contribution in [2.24, 2.45) is 0 Å². The lowest BCUT2D eigenvalue weighted by atomic mass is 10.0. The first-order valence-electron chi connectivity index (χ1n) is 7.96. The van der Waals surface area contributed by atoms with E-state index in [1.54, 1.807) is 24.0 Å². The number of Topliss-reactive ketones (excluding diaryl/α,β-unsaturated/α-hetero) is 1. The highest BCUT2D eigenvalue weighted by molar-refractivity contribution is 6.05. The van der Waals surface area contributed by atoms with Gasteiger partial charge < -0.3 is 14.2 Å². The number of fused-ring (bicyclic) bond motifs is 1. The Balaban J connectivity index is 2.03. The Labute approximate surface area is 139 Å². The monoisotopic (exact) mass is 328 g/mol. The van der Waals surface area contributed by atoms with Crippen LogP contribution in [0.1, 0.15) is 29.8 Å². The Bertz CT molecular complexity index is 876. The first kappa shape index (κ1) is 16.2. The van der Waals surface area contributed by atoms with E-state index < -0.39 is 0 Å². The summed E-state index contributed by atoms with van der Waals surface area (Å²) in [6, 6.07) is 4.95. The number of benzene rings is 1. The molecule has 6 heteroatoms. The smallest absolute Gasteiger partial charge is 0.219 e. The number of amides is 1. The van der Waals surface area contributed by atoms with Gasteiger partial charge in [-0.1, -0.05) is 0 Å². The Morgan fingerprint density at radius 1 is 1.04 bits per heavy atom. The minimum absolute atomic E-state index is 0.0453. The minimum Gasteiger partial charge on any atom is -0.440 e. The molecule has 1 aromatic heterocycles. The largest absolute Gasteiger partial charge is 0.440 e. The van der Waals surface area contributed by atoms with Crippen molar-refractivity contribution < 1.29 is 14.0 Å². The highest BCUT2D eigenvalue weighted by atomic mass is 16.4. The maximum Gasteiger partial charge on any atom is 0.219 e. The first-order chi connectivity index (χ1) is 11.4. The summed E-state index contributed by atoms with van der Waals surface area (Å²) in [5.41, 5.74) is 1.45. The van der Waals surface area contributed by atoms with Crippen LogP contribution >= 0.6 is 0 Å². The Hall–Kier alpha value is -2.63. The van der Waals surface area contributed by atoms with Crippen LogP contribution in [0.2, 0.25) is 0 Å². The van der Waals surface area contributed by atoms with Gasteiger partial charge in [0.05, 0.1) is 10.9 Å². The fourth-order valence-corrected chi connectivity index (χ4v) is 3.05. The fourth-order valence-electron chi connectivity index (χ4n) is 3.05. The Morgan fingerprint density at radius 3 is 2.29 bits per heavy atom. The van der Waals surface area contributed by atoms with Crippen LogP contribution in [0.3, 0.4) is 0 Å². The fraction of sp³-hybridized carbons (Fsp3) is 0.389. The minimum atomic E-state index is -0.161. The van der Waals surface area contributed by atoms with E-state index in [1.165, 1.54) is 13.0 Å². The van der Waals surface area contributed by atoms with Crippen molar-refractivity contribution in [1.29, 1.82) is 0 Å². The van der Waals surface area contributed by atoms with Gasteiger partial charge in [0.1, 0.15) is 0 Å². The second kappa shape index (κ2) is 6.11. The summed E-state index contributed by atoms with van der Waals surface area (Å²) in [5, 5.41) is 0.423. The van der Waals surface area contributed by atoms with Crippen LogP contribution in [0.4, 0.5) is 5.88 Å². The summed E-state index contributed by atoms with van der Waals surface area (Å²) < 4.78 is 5.93. The van der Waals surface area contributed by atoms with Crippen LogP contribution < -0.4 is 10.3 Å². The van der Waals surface area contributed by atoms with Crippen LogP contribution in [0.15, 0.2) is 27.4 Å². The van der Waals surface area contributed by atoms with Gasteiger partial charge in [-0.05, 0) is 31.5 Å². The second-order valence-electron chi connectivity index (χ2n) is 6.19. The number of ketones is 1. The van der Waals surface area contributed by atoms with E-state index in [0.29, 0.717) is 48.6 Å². The number of nitrogens with zero attached hydrogens (tertiary/aromatic N) is 2. The molecule has 2 heterocycles. The van der Waals surface area contributed by atoms with Gasteiger partial charge in [-0.2, -0.15) is 0 Å². The predicted molar refractivity (Wildman–Crippen MR) is 91.7 cm³/mol. The van der Waals surface area contributed by atoms with Crippen molar-refractivity contribution in [2.45, 2.75) is 20.8 Å². The number of anilines is 1. The second-order valence-corrected chi connectivity index (χ2v) is 6.19. The number of rotatable bonds is 2. The molecule has 1 aromatic carbocycles. The molecule has 0 bridgehead atoms. The third-order valence-electron chi connectivity index (χ3n) is 4.38. The van der Waals surface area contributed by atoms with Crippen molar-refractivity contribution >= 4 is 28.5 Å². The summed E-state index contributed by atoms with van der Waals surface area (Å²) in [6.45, 7) is 7.22. The molecule has 0 N–H and O–H groups in total. The number of aryl methyl sites for hydroxylation is 1. The molecule has 6 nitrogen and oxygen atoms in total. The van der Waals surface area contributed by atoms with E-state index in [-0.39, 0.29) is 17.1 Å². The predicted octanol–water partition coefficient (Wildman–Crippen LogP) is 1.97. The van der Waals surface area contributed by atoms with Gasteiger partial charge in [-0.3, -0.25) is 14.4 Å². The molecule has 1 amide bonds. The summed E-state index contributed by atoms with van der Waals surface area (Å²) in [6.07, 6.45) is 0. The third kappa shape index (κ3) is 2.91. The summed E-state index contributed by atoms with van der Waals surface area (Å²) in [5.74, 6) is 0.358. The molecule has 2 aromatic rings. The normalized spacial score (nSPS) is 15.0. The highest BCUT2D eigenvalue weighted by Gasteiger charge is 2.22. The molecule has 126 valence electrons. The van der Waals surface area contributed by atoms with Crippen molar-refractivity contribution in [3.63, 3.8) is 0 Å². The highest BCUT2D eigenvalue weighted by Crippen LogP contribution is 2.25. The Morgan fingerprint density at radius 2 is 1.71 bits per heavy atom. The third-order valence-corrected chi connectivity index (χ3v) is 4.38. The van der Waals surface area contributed by atoms with Gasteiger partial charge in [0, 0.05) is 39.2 Å². The number of hydrogen-bond donors (Lipinski definition) is 0. The van der Waals surface area contributed by atoms with Crippen LogP contribution in [0.25, 0.3) is 11.0 Å². The molecule has 0 unspecified atom stereocenters. The Kier molecular flexibility index (Phi) is 4.13. The van der Waals surface area contributed by atoms with Crippen LogP contribution in [-0.4, -0.2) is 42.8 Å². The average molecular weight is 328 g/mol. The van der Waals surface area contributed by atoms with Gasteiger partial charge in [-0.15, -0.1) is 0 Å². The number of carbonyl (C=O) groups is 2. The van der Waals surface area contributed by atoms with E-state index in [1.807, 2.05) is 11.8 Å². The molecule has 1 fully saturated rings. The summed E-state index contributed by atoms with van der Waals surface area (Å²) in [7, 11) is 0. The molecule has 1 aliphatic rings. The standard InChI is InChI=1S/C18H20N2O4/c1-11-8-14(12(2)21)18-15(9-11)16(23)10-17(24-18)20-6-4-19(5-7-20)13(3)22/h8-10H,4-7H2,1-3H3. The molecule has 3 rings (SSSR count). The van der Waals surface area contributed by atoms with Crippen LogP contribution in [0, 0.1) is 6.92 Å². The molecule has 24 heavy (non-hydrogen) atoms. The van der Waals surface area contributed by atoms with Crippen molar-refractivity contribution in [1.82, 2.24) is 4.90 Å². The number of carbonyl (C=O) groups excluding carboxylic acids is 2. The molecule has 0 saturated carbocycles. The lowest BCUT2D eigenvalue weighted by Crippen LogP contribution is -2.48. The van der Waals surface area contributed by atoms with Gasteiger partial charge in [0.2, 0.25) is 5.91 Å². The maximum atomic E-state index is 12.5. The number of hydrogen-bond acceptors (Lipinski definition) is 5. The first-order valence-corrected chi connectivity index (χ1v) is 7.96. The van der Waals surface area contributed by atoms with E-state index >= 15 is 0 Å². The van der Waals surface area contributed by atoms with Crippen LogP contribution in [0.5, 0.6) is 0 Å². The molecule has 0 radical (unpaired) electrons. The van der Waals surface area contributed by atoms with Gasteiger partial charge >= 0.3 is 0 Å². The van der Waals surface area contributed by atoms with E-state index in [2.05, 4.69) is 0 Å².